The Morgan fingerprint density at radius 2 is 1.82 bits per heavy atom. The molecule has 0 aliphatic carbocycles. The van der Waals surface area contributed by atoms with Crippen LogP contribution in [0.4, 0.5) is 5.69 Å². The Hall–Kier alpha value is -3.30. The summed E-state index contributed by atoms with van der Waals surface area (Å²) in [4.78, 5) is 9.04. The van der Waals surface area contributed by atoms with Gasteiger partial charge in [0.1, 0.15) is 11.8 Å². The van der Waals surface area contributed by atoms with Crippen LogP contribution in [-0.4, -0.2) is 43.2 Å². The van der Waals surface area contributed by atoms with Gasteiger partial charge >= 0.3 is 0 Å². The third-order valence-electron chi connectivity index (χ3n) is 5.02. The van der Waals surface area contributed by atoms with E-state index in [1.165, 1.54) is 0 Å². The zero-order chi connectivity index (χ0) is 19.3. The van der Waals surface area contributed by atoms with Crippen molar-refractivity contribution < 1.29 is 9.15 Å². The van der Waals surface area contributed by atoms with E-state index in [0.717, 1.165) is 60.4 Å². The number of para-hydroxylation sites is 1. The standard InChI is InChI=1S/C22H22N4O2/c1-27-19-8-6-17(7-9-19)21-15-24-22(28-21)16-25-10-12-26(13-11-25)20-5-3-2-4-18(20)14-23/h2-9,15H,10-13,16H2,1H3. The van der Waals surface area contributed by atoms with Gasteiger partial charge in [0.15, 0.2) is 5.76 Å². The van der Waals surface area contributed by atoms with Crippen molar-refractivity contribution in [1.29, 1.82) is 5.26 Å². The van der Waals surface area contributed by atoms with Crippen molar-refractivity contribution in [1.82, 2.24) is 9.88 Å². The molecule has 0 radical (unpaired) electrons. The molecular formula is C22H22N4O2. The molecule has 0 bridgehead atoms. The highest BCUT2D eigenvalue weighted by atomic mass is 16.5. The fraction of sp³-hybridized carbons (Fsp3) is 0.273. The molecule has 1 aromatic heterocycles. The van der Waals surface area contributed by atoms with Crippen LogP contribution in [0.1, 0.15) is 11.5 Å². The first kappa shape index (κ1) is 18.1. The molecule has 0 spiro atoms. The molecule has 4 rings (SSSR count). The van der Waals surface area contributed by atoms with E-state index in [2.05, 4.69) is 20.9 Å². The highest BCUT2D eigenvalue weighted by Crippen LogP contribution is 2.25. The number of hydrogen-bond donors (Lipinski definition) is 0. The first-order chi connectivity index (χ1) is 13.8. The maximum atomic E-state index is 9.31. The van der Waals surface area contributed by atoms with E-state index in [-0.39, 0.29) is 0 Å². The first-order valence-corrected chi connectivity index (χ1v) is 9.32. The second kappa shape index (κ2) is 8.15. The molecule has 0 N–H and O–H groups in total. The second-order valence-electron chi connectivity index (χ2n) is 6.74. The fourth-order valence-electron chi connectivity index (χ4n) is 3.45. The fourth-order valence-corrected chi connectivity index (χ4v) is 3.45. The monoisotopic (exact) mass is 374 g/mol. The molecule has 1 aliphatic heterocycles. The molecule has 2 aromatic carbocycles. The summed E-state index contributed by atoms with van der Waals surface area (Å²) < 4.78 is 11.1. The number of hydrogen-bond acceptors (Lipinski definition) is 6. The number of methoxy groups -OCH3 is 1. The van der Waals surface area contributed by atoms with Crippen molar-refractivity contribution in [2.75, 3.05) is 38.2 Å². The lowest BCUT2D eigenvalue weighted by Gasteiger charge is -2.35. The molecule has 2 heterocycles. The summed E-state index contributed by atoms with van der Waals surface area (Å²) in [6.45, 7) is 4.25. The SMILES string of the molecule is COc1ccc(-c2cnc(CN3CCN(c4ccccc4C#N)CC3)o2)cc1. The van der Waals surface area contributed by atoms with E-state index in [1.807, 2.05) is 48.5 Å². The summed E-state index contributed by atoms with van der Waals surface area (Å²) in [5, 5.41) is 9.31. The zero-order valence-electron chi connectivity index (χ0n) is 15.8. The number of nitriles is 1. The van der Waals surface area contributed by atoms with Crippen molar-refractivity contribution in [2.24, 2.45) is 0 Å². The van der Waals surface area contributed by atoms with Gasteiger partial charge in [0.2, 0.25) is 5.89 Å². The van der Waals surface area contributed by atoms with Gasteiger partial charge in [-0.1, -0.05) is 12.1 Å². The average molecular weight is 374 g/mol. The van der Waals surface area contributed by atoms with Crippen LogP contribution < -0.4 is 9.64 Å². The number of rotatable bonds is 5. The summed E-state index contributed by atoms with van der Waals surface area (Å²) >= 11 is 0. The van der Waals surface area contributed by atoms with Crippen molar-refractivity contribution in [2.45, 2.75) is 6.54 Å². The molecular weight excluding hydrogens is 352 g/mol. The van der Waals surface area contributed by atoms with Crippen LogP contribution >= 0.6 is 0 Å². The van der Waals surface area contributed by atoms with Crippen LogP contribution in [0.5, 0.6) is 5.75 Å². The molecule has 28 heavy (non-hydrogen) atoms. The smallest absolute Gasteiger partial charge is 0.209 e. The van der Waals surface area contributed by atoms with E-state index in [9.17, 15) is 5.26 Å². The third-order valence-corrected chi connectivity index (χ3v) is 5.02. The van der Waals surface area contributed by atoms with E-state index in [0.29, 0.717) is 6.54 Å². The van der Waals surface area contributed by atoms with Crippen molar-refractivity contribution in [3.63, 3.8) is 0 Å². The minimum Gasteiger partial charge on any atom is -0.497 e. The Morgan fingerprint density at radius 3 is 2.54 bits per heavy atom. The number of anilines is 1. The molecule has 6 nitrogen and oxygen atoms in total. The van der Waals surface area contributed by atoms with Crippen LogP contribution in [0.3, 0.4) is 0 Å². The van der Waals surface area contributed by atoms with E-state index in [1.54, 1.807) is 13.3 Å². The largest absolute Gasteiger partial charge is 0.497 e. The summed E-state index contributed by atoms with van der Waals surface area (Å²) in [5.41, 5.74) is 2.73. The molecule has 0 amide bonds. The molecule has 1 saturated heterocycles. The molecule has 142 valence electrons. The van der Waals surface area contributed by atoms with E-state index in [4.69, 9.17) is 9.15 Å². The summed E-state index contributed by atoms with van der Waals surface area (Å²) in [6.07, 6.45) is 1.77. The maximum absolute atomic E-state index is 9.31. The molecule has 3 aromatic rings. The quantitative estimate of drug-likeness (QED) is 0.681. The van der Waals surface area contributed by atoms with Gasteiger partial charge in [0.25, 0.3) is 0 Å². The zero-order valence-corrected chi connectivity index (χ0v) is 15.8. The van der Waals surface area contributed by atoms with Crippen LogP contribution in [-0.2, 0) is 6.54 Å². The van der Waals surface area contributed by atoms with Crippen molar-refractivity contribution >= 4 is 5.69 Å². The number of piperazine rings is 1. The maximum Gasteiger partial charge on any atom is 0.209 e. The lowest BCUT2D eigenvalue weighted by atomic mass is 10.1. The summed E-state index contributed by atoms with van der Waals surface area (Å²) in [6, 6.07) is 17.8. The normalized spacial score (nSPS) is 14.6. The minimum absolute atomic E-state index is 0.684. The number of nitrogens with zero attached hydrogens (tertiary/aromatic N) is 4. The molecule has 0 saturated carbocycles. The minimum atomic E-state index is 0.684. The number of benzene rings is 2. The van der Waals surface area contributed by atoms with E-state index < -0.39 is 0 Å². The van der Waals surface area contributed by atoms with Gasteiger partial charge in [0, 0.05) is 31.7 Å². The Bertz CT molecular complexity index is 967. The van der Waals surface area contributed by atoms with Gasteiger partial charge in [-0.05, 0) is 36.4 Å². The number of ether oxygens (including phenoxy) is 1. The predicted octanol–water partition coefficient (Wildman–Crippen LogP) is 3.54. The van der Waals surface area contributed by atoms with Gasteiger partial charge < -0.3 is 14.1 Å². The van der Waals surface area contributed by atoms with Crippen LogP contribution in [0.25, 0.3) is 11.3 Å². The molecule has 0 unspecified atom stereocenters. The van der Waals surface area contributed by atoms with Crippen LogP contribution in [0.2, 0.25) is 0 Å². The van der Waals surface area contributed by atoms with Gasteiger partial charge in [-0.3, -0.25) is 4.90 Å². The highest BCUT2D eigenvalue weighted by molar-refractivity contribution is 5.59. The topological polar surface area (TPSA) is 65.5 Å². The Morgan fingerprint density at radius 1 is 1.07 bits per heavy atom. The van der Waals surface area contributed by atoms with Gasteiger partial charge in [-0.15, -0.1) is 0 Å². The molecule has 6 heteroatoms. The summed E-state index contributed by atoms with van der Waals surface area (Å²) in [7, 11) is 1.65. The van der Waals surface area contributed by atoms with Crippen molar-refractivity contribution in [3.05, 3.63) is 66.2 Å². The lowest BCUT2D eigenvalue weighted by molar-refractivity contribution is 0.227. The molecule has 1 fully saturated rings. The van der Waals surface area contributed by atoms with Crippen LogP contribution in [0, 0.1) is 11.3 Å². The third kappa shape index (κ3) is 3.85. The Balaban J connectivity index is 1.36. The Kier molecular flexibility index (Phi) is 5.27. The number of oxazole rings is 1. The van der Waals surface area contributed by atoms with E-state index >= 15 is 0 Å². The van der Waals surface area contributed by atoms with Crippen molar-refractivity contribution in [3.8, 4) is 23.1 Å². The lowest BCUT2D eigenvalue weighted by Crippen LogP contribution is -2.46. The second-order valence-corrected chi connectivity index (χ2v) is 6.74. The average Bonchev–Trinajstić information content (AvgIpc) is 3.23. The van der Waals surface area contributed by atoms with Gasteiger partial charge in [-0.2, -0.15) is 5.26 Å². The molecule has 0 atom stereocenters. The molecule has 1 aliphatic rings. The predicted molar refractivity (Wildman–Crippen MR) is 107 cm³/mol. The highest BCUT2D eigenvalue weighted by Gasteiger charge is 2.20. The van der Waals surface area contributed by atoms with Crippen LogP contribution in [0.15, 0.2) is 59.1 Å². The first-order valence-electron chi connectivity index (χ1n) is 9.32. The van der Waals surface area contributed by atoms with Gasteiger partial charge in [-0.25, -0.2) is 4.98 Å². The summed E-state index contributed by atoms with van der Waals surface area (Å²) in [5.74, 6) is 2.30. The van der Waals surface area contributed by atoms with Gasteiger partial charge in [0.05, 0.1) is 31.1 Å². The Labute approximate surface area is 164 Å². The number of aromatic nitrogens is 1.